The Morgan fingerprint density at radius 1 is 0.781 bits per heavy atom. The first-order valence-corrected chi connectivity index (χ1v) is 10.8. The van der Waals surface area contributed by atoms with Crippen LogP contribution in [0.3, 0.4) is 0 Å². The molecular formula is C25H19N5OS. The smallest absolute Gasteiger partial charge is 0.139 e. The molecule has 156 valence electrons. The zero-order chi connectivity index (χ0) is 21.8. The van der Waals surface area contributed by atoms with Crippen LogP contribution in [-0.2, 0) is 0 Å². The van der Waals surface area contributed by atoms with Crippen LogP contribution in [0, 0.1) is 0 Å². The first-order valence-electron chi connectivity index (χ1n) is 9.98. The van der Waals surface area contributed by atoms with Gasteiger partial charge in [0.15, 0.2) is 0 Å². The van der Waals surface area contributed by atoms with Crippen LogP contribution in [0.2, 0.25) is 0 Å². The lowest BCUT2D eigenvalue weighted by molar-refractivity contribution is 0.416. The first kappa shape index (κ1) is 20.0. The average molecular weight is 438 g/mol. The molecule has 0 atom stereocenters. The molecule has 0 saturated carbocycles. The average Bonchev–Trinajstić information content (AvgIpc) is 2.87. The monoisotopic (exact) mass is 437 g/mol. The van der Waals surface area contributed by atoms with Gasteiger partial charge in [-0.15, -0.1) is 0 Å². The highest BCUT2D eigenvalue weighted by Gasteiger charge is 2.13. The Bertz CT molecular complexity index is 1360. The number of hydrogen-bond donors (Lipinski definition) is 1. The summed E-state index contributed by atoms with van der Waals surface area (Å²) >= 11 is 1.51. The molecule has 6 nitrogen and oxygen atoms in total. The molecule has 5 aromatic rings. The molecule has 7 heteroatoms. The van der Waals surface area contributed by atoms with Gasteiger partial charge in [0.1, 0.15) is 17.9 Å². The molecule has 0 aliphatic carbocycles. The van der Waals surface area contributed by atoms with Crippen LogP contribution in [0.1, 0.15) is 0 Å². The minimum absolute atomic E-state index is 0.763. The van der Waals surface area contributed by atoms with Crippen molar-refractivity contribution in [3.63, 3.8) is 0 Å². The van der Waals surface area contributed by atoms with Gasteiger partial charge in [-0.1, -0.05) is 12.1 Å². The molecule has 3 heterocycles. The highest BCUT2D eigenvalue weighted by atomic mass is 32.2. The fourth-order valence-electron chi connectivity index (χ4n) is 3.51. The Hall–Kier alpha value is -3.97. The summed E-state index contributed by atoms with van der Waals surface area (Å²) in [6.45, 7) is 0. The van der Waals surface area contributed by atoms with Crippen LogP contribution in [0.25, 0.3) is 33.2 Å². The SMILES string of the molecule is COc1cc(-c2ccncc2)ccc1-c1nccc2cc(SNc3ccncn3)ccc12. The Kier molecular flexibility index (Phi) is 5.63. The third-order valence-corrected chi connectivity index (χ3v) is 5.86. The second kappa shape index (κ2) is 9.03. The topological polar surface area (TPSA) is 72.8 Å². The number of nitrogens with zero attached hydrogens (tertiary/aromatic N) is 4. The van der Waals surface area contributed by atoms with Crippen molar-refractivity contribution in [1.29, 1.82) is 0 Å². The normalized spacial score (nSPS) is 10.8. The zero-order valence-electron chi connectivity index (χ0n) is 17.3. The predicted octanol–water partition coefficient (Wildman–Crippen LogP) is 5.88. The lowest BCUT2D eigenvalue weighted by atomic mass is 9.99. The van der Waals surface area contributed by atoms with Gasteiger partial charge in [-0.25, -0.2) is 9.97 Å². The van der Waals surface area contributed by atoms with Gasteiger partial charge in [0.25, 0.3) is 0 Å². The van der Waals surface area contributed by atoms with Crippen molar-refractivity contribution in [2.24, 2.45) is 0 Å². The number of rotatable bonds is 6. The molecule has 32 heavy (non-hydrogen) atoms. The summed E-state index contributed by atoms with van der Waals surface area (Å²) in [6, 6.07) is 20.3. The van der Waals surface area contributed by atoms with Gasteiger partial charge in [-0.3, -0.25) is 9.97 Å². The molecule has 5 rings (SSSR count). The van der Waals surface area contributed by atoms with Gasteiger partial charge >= 0.3 is 0 Å². The number of methoxy groups -OCH3 is 1. The highest BCUT2D eigenvalue weighted by molar-refractivity contribution is 8.00. The van der Waals surface area contributed by atoms with Crippen molar-refractivity contribution in [1.82, 2.24) is 19.9 Å². The molecule has 0 aliphatic rings. The molecule has 0 aliphatic heterocycles. The van der Waals surface area contributed by atoms with Crippen LogP contribution in [0.4, 0.5) is 5.82 Å². The lowest BCUT2D eigenvalue weighted by Gasteiger charge is -2.13. The summed E-state index contributed by atoms with van der Waals surface area (Å²) in [5.74, 6) is 1.54. The number of ether oxygens (including phenoxy) is 1. The molecule has 0 unspecified atom stereocenters. The van der Waals surface area contributed by atoms with Crippen LogP contribution >= 0.6 is 11.9 Å². The number of anilines is 1. The van der Waals surface area contributed by atoms with Gasteiger partial charge in [0.2, 0.25) is 0 Å². The van der Waals surface area contributed by atoms with E-state index in [9.17, 15) is 0 Å². The molecule has 1 N–H and O–H groups in total. The van der Waals surface area contributed by atoms with E-state index in [1.165, 1.54) is 18.3 Å². The zero-order valence-corrected chi connectivity index (χ0v) is 18.1. The van der Waals surface area contributed by atoms with Crippen molar-refractivity contribution in [3.8, 4) is 28.1 Å². The second-order valence-corrected chi connectivity index (χ2v) is 7.87. The summed E-state index contributed by atoms with van der Waals surface area (Å²) in [6.07, 6.45) is 8.64. The van der Waals surface area contributed by atoms with E-state index < -0.39 is 0 Å². The molecule has 0 spiro atoms. The van der Waals surface area contributed by atoms with Gasteiger partial charge in [-0.05, 0) is 77.0 Å². The lowest BCUT2D eigenvalue weighted by Crippen LogP contribution is -1.93. The molecule has 0 amide bonds. The van der Waals surface area contributed by atoms with Crippen molar-refractivity contribution in [2.45, 2.75) is 4.90 Å². The van der Waals surface area contributed by atoms with E-state index in [4.69, 9.17) is 4.74 Å². The highest BCUT2D eigenvalue weighted by Crippen LogP contribution is 2.37. The molecular weight excluding hydrogens is 418 g/mol. The van der Waals surface area contributed by atoms with Gasteiger partial charge in [0, 0.05) is 40.6 Å². The van der Waals surface area contributed by atoms with Crippen LogP contribution < -0.4 is 9.46 Å². The predicted molar refractivity (Wildman–Crippen MR) is 128 cm³/mol. The maximum atomic E-state index is 5.74. The van der Waals surface area contributed by atoms with E-state index in [-0.39, 0.29) is 0 Å². The van der Waals surface area contributed by atoms with Gasteiger partial charge < -0.3 is 9.46 Å². The van der Waals surface area contributed by atoms with Gasteiger partial charge in [-0.2, -0.15) is 0 Å². The van der Waals surface area contributed by atoms with Crippen LogP contribution in [0.15, 0.2) is 96.7 Å². The Balaban J connectivity index is 1.49. The van der Waals surface area contributed by atoms with Crippen molar-refractivity contribution in [3.05, 3.63) is 91.8 Å². The van der Waals surface area contributed by atoms with E-state index >= 15 is 0 Å². The summed E-state index contributed by atoms with van der Waals surface area (Å²) < 4.78 is 8.98. The number of pyridine rings is 2. The molecule has 0 fully saturated rings. The Morgan fingerprint density at radius 3 is 2.47 bits per heavy atom. The first-order chi connectivity index (χ1) is 15.8. The summed E-state index contributed by atoms with van der Waals surface area (Å²) in [7, 11) is 1.69. The van der Waals surface area contributed by atoms with E-state index in [1.54, 1.807) is 25.7 Å². The van der Waals surface area contributed by atoms with Crippen molar-refractivity contribution < 1.29 is 4.74 Å². The van der Waals surface area contributed by atoms with E-state index in [2.05, 4.69) is 55.0 Å². The minimum Gasteiger partial charge on any atom is -0.496 e. The standard InChI is InChI=1S/C25H19N5OS/c1-31-23-15-18(17-6-10-26-11-7-17)2-4-22(23)25-21-5-3-20(14-19(21)8-13-28-25)32-30-24-9-12-27-16-29-24/h2-16H,1H3,(H,27,29,30). The van der Waals surface area contributed by atoms with E-state index in [0.29, 0.717) is 0 Å². The quantitative estimate of drug-likeness (QED) is 0.332. The van der Waals surface area contributed by atoms with Crippen molar-refractivity contribution >= 4 is 28.5 Å². The molecule has 0 bridgehead atoms. The van der Waals surface area contributed by atoms with Crippen LogP contribution in [0.5, 0.6) is 5.75 Å². The maximum Gasteiger partial charge on any atom is 0.139 e. The number of fused-ring (bicyclic) bond motifs is 1. The molecule has 0 saturated heterocycles. The van der Waals surface area contributed by atoms with E-state index in [0.717, 1.165) is 49.6 Å². The number of aromatic nitrogens is 4. The van der Waals surface area contributed by atoms with Crippen molar-refractivity contribution in [2.75, 3.05) is 11.8 Å². The third-order valence-electron chi connectivity index (χ3n) is 5.06. The van der Waals surface area contributed by atoms with Gasteiger partial charge in [0.05, 0.1) is 12.8 Å². The molecule has 0 radical (unpaired) electrons. The fraction of sp³-hybridized carbons (Fsp3) is 0.0400. The maximum absolute atomic E-state index is 5.74. The number of benzene rings is 2. The third kappa shape index (κ3) is 4.10. The Labute approximate surface area is 189 Å². The Morgan fingerprint density at radius 2 is 1.66 bits per heavy atom. The minimum atomic E-state index is 0.763. The second-order valence-electron chi connectivity index (χ2n) is 6.99. The number of hydrogen-bond acceptors (Lipinski definition) is 7. The fourth-order valence-corrected chi connectivity index (χ4v) is 4.17. The largest absolute Gasteiger partial charge is 0.496 e. The van der Waals surface area contributed by atoms with E-state index in [1.807, 2.05) is 36.5 Å². The van der Waals surface area contributed by atoms with Crippen LogP contribution in [-0.4, -0.2) is 27.0 Å². The summed E-state index contributed by atoms with van der Waals surface area (Å²) in [5, 5.41) is 2.17. The summed E-state index contributed by atoms with van der Waals surface area (Å²) in [5.41, 5.74) is 4.01. The summed E-state index contributed by atoms with van der Waals surface area (Å²) in [4.78, 5) is 18.0. The number of nitrogens with one attached hydrogen (secondary N) is 1. The molecule has 2 aromatic carbocycles. The molecule has 3 aromatic heterocycles.